The Hall–Kier alpha value is -1.20. The highest BCUT2D eigenvalue weighted by molar-refractivity contribution is 8.00. The average molecular weight is 252 g/mol. The van der Waals surface area contributed by atoms with Crippen molar-refractivity contribution in [2.24, 2.45) is 0 Å². The van der Waals surface area contributed by atoms with Crippen LogP contribution in [-0.4, -0.2) is 25.4 Å². The van der Waals surface area contributed by atoms with Crippen LogP contribution in [0.4, 0.5) is 10.5 Å². The lowest BCUT2D eigenvalue weighted by atomic mass is 10.1. The number of thioether (sulfide) groups is 1. The smallest absolute Gasteiger partial charge is 0.318 e. The van der Waals surface area contributed by atoms with Crippen LogP contribution in [0.3, 0.4) is 0 Å². The number of rotatable bonds is 2. The molecule has 0 radical (unpaired) electrons. The zero-order valence-corrected chi connectivity index (χ0v) is 10.8. The van der Waals surface area contributed by atoms with Gasteiger partial charge in [0.2, 0.25) is 0 Å². The molecule has 2 amide bonds. The summed E-state index contributed by atoms with van der Waals surface area (Å²) in [6.45, 7) is 2.83. The van der Waals surface area contributed by atoms with Crippen molar-refractivity contribution in [3.8, 4) is 0 Å². The maximum atomic E-state index is 11.2. The van der Waals surface area contributed by atoms with Gasteiger partial charge in [0.1, 0.15) is 4.93 Å². The fraction of sp³-hybridized carbons (Fsp3) is 0.417. The van der Waals surface area contributed by atoms with Crippen LogP contribution in [0.5, 0.6) is 0 Å². The third-order valence-corrected chi connectivity index (χ3v) is 3.99. The number of amides is 2. The summed E-state index contributed by atoms with van der Waals surface area (Å²) in [5, 5.41) is 5.28. The lowest BCUT2D eigenvalue weighted by Gasteiger charge is -2.23. The maximum absolute atomic E-state index is 11.2. The third-order valence-electron chi connectivity index (χ3n) is 2.71. The summed E-state index contributed by atoms with van der Waals surface area (Å²) in [7, 11) is 1.59. The van der Waals surface area contributed by atoms with Gasteiger partial charge in [-0.2, -0.15) is 0 Å². The monoisotopic (exact) mass is 252 g/mol. The minimum absolute atomic E-state index is 0.215. The molecule has 5 heteroatoms. The highest BCUT2D eigenvalue weighted by Crippen LogP contribution is 2.42. The standard InChI is InChI=1S/C12H16N2O2S/c1-12(16-6-7-17-12)9-4-3-5-10(8-9)14-11(15)13-2/h3-5,8H,6-7H2,1-2H3,(H2,13,14,15). The van der Waals surface area contributed by atoms with E-state index in [2.05, 4.69) is 17.6 Å². The Bertz CT molecular complexity index is 417. The van der Waals surface area contributed by atoms with E-state index in [-0.39, 0.29) is 11.0 Å². The zero-order valence-electron chi connectivity index (χ0n) is 9.95. The molecule has 0 bridgehead atoms. The highest BCUT2D eigenvalue weighted by Gasteiger charge is 2.32. The lowest BCUT2D eigenvalue weighted by Crippen LogP contribution is -2.25. The molecule has 1 fully saturated rings. The molecule has 1 aromatic carbocycles. The number of hydrogen-bond acceptors (Lipinski definition) is 3. The minimum atomic E-state index is -0.291. The number of urea groups is 1. The Labute approximate surface area is 105 Å². The molecule has 2 rings (SSSR count). The van der Waals surface area contributed by atoms with E-state index in [0.717, 1.165) is 23.6 Å². The summed E-state index contributed by atoms with van der Waals surface area (Å²) < 4.78 is 5.75. The van der Waals surface area contributed by atoms with Crippen LogP contribution in [0.2, 0.25) is 0 Å². The summed E-state index contributed by atoms with van der Waals surface area (Å²) in [4.78, 5) is 10.9. The number of hydrogen-bond donors (Lipinski definition) is 2. The summed E-state index contributed by atoms with van der Waals surface area (Å²) in [6, 6.07) is 7.55. The summed E-state index contributed by atoms with van der Waals surface area (Å²) in [5.74, 6) is 1.00. The summed E-state index contributed by atoms with van der Waals surface area (Å²) in [5.41, 5.74) is 1.85. The number of ether oxygens (including phenoxy) is 1. The van der Waals surface area contributed by atoms with Crippen LogP contribution in [0.1, 0.15) is 12.5 Å². The molecular formula is C12H16N2O2S. The van der Waals surface area contributed by atoms with Gasteiger partial charge < -0.3 is 15.4 Å². The van der Waals surface area contributed by atoms with Crippen molar-refractivity contribution in [1.82, 2.24) is 5.32 Å². The summed E-state index contributed by atoms with van der Waals surface area (Å²) in [6.07, 6.45) is 0. The van der Waals surface area contributed by atoms with Gasteiger partial charge in [-0.25, -0.2) is 4.79 Å². The second kappa shape index (κ2) is 4.98. The molecule has 1 saturated heterocycles. The van der Waals surface area contributed by atoms with Crippen molar-refractivity contribution in [1.29, 1.82) is 0 Å². The molecule has 17 heavy (non-hydrogen) atoms. The minimum Gasteiger partial charge on any atom is -0.359 e. The first-order valence-corrected chi connectivity index (χ1v) is 6.50. The zero-order chi connectivity index (χ0) is 12.3. The fourth-order valence-corrected chi connectivity index (χ4v) is 2.77. The van der Waals surface area contributed by atoms with Crippen LogP contribution in [-0.2, 0) is 9.67 Å². The Morgan fingerprint density at radius 1 is 1.53 bits per heavy atom. The Morgan fingerprint density at radius 3 is 3.00 bits per heavy atom. The molecule has 1 heterocycles. The van der Waals surface area contributed by atoms with E-state index in [4.69, 9.17) is 4.74 Å². The highest BCUT2D eigenvalue weighted by atomic mass is 32.2. The largest absolute Gasteiger partial charge is 0.359 e. The number of nitrogens with one attached hydrogen (secondary N) is 2. The molecular weight excluding hydrogens is 236 g/mol. The van der Waals surface area contributed by atoms with Crippen molar-refractivity contribution >= 4 is 23.5 Å². The van der Waals surface area contributed by atoms with Crippen LogP contribution < -0.4 is 10.6 Å². The molecule has 0 aromatic heterocycles. The van der Waals surface area contributed by atoms with Crippen molar-refractivity contribution in [2.45, 2.75) is 11.9 Å². The number of carbonyl (C=O) groups is 1. The van der Waals surface area contributed by atoms with Crippen LogP contribution >= 0.6 is 11.8 Å². The topological polar surface area (TPSA) is 50.4 Å². The Balaban J connectivity index is 2.19. The quantitative estimate of drug-likeness (QED) is 0.849. The Kier molecular flexibility index (Phi) is 3.59. The Morgan fingerprint density at radius 2 is 2.35 bits per heavy atom. The van der Waals surface area contributed by atoms with E-state index in [1.54, 1.807) is 18.8 Å². The third kappa shape index (κ3) is 2.73. The molecule has 1 aliphatic heterocycles. The van der Waals surface area contributed by atoms with Crippen LogP contribution in [0, 0.1) is 0 Å². The van der Waals surface area contributed by atoms with Gasteiger partial charge in [0.05, 0.1) is 6.61 Å². The predicted molar refractivity (Wildman–Crippen MR) is 70.3 cm³/mol. The van der Waals surface area contributed by atoms with Crippen molar-refractivity contribution in [3.63, 3.8) is 0 Å². The second-order valence-electron chi connectivity index (χ2n) is 3.93. The van der Waals surface area contributed by atoms with Crippen LogP contribution in [0.25, 0.3) is 0 Å². The SMILES string of the molecule is CNC(=O)Nc1cccc(C2(C)OCCS2)c1. The number of benzene rings is 1. The average Bonchev–Trinajstić information content (AvgIpc) is 2.78. The number of anilines is 1. The summed E-state index contributed by atoms with van der Waals surface area (Å²) >= 11 is 1.78. The normalized spacial score (nSPS) is 23.4. The van der Waals surface area contributed by atoms with E-state index >= 15 is 0 Å². The molecule has 1 aliphatic rings. The molecule has 1 unspecified atom stereocenters. The van der Waals surface area contributed by atoms with Crippen molar-refractivity contribution in [2.75, 3.05) is 24.7 Å². The van der Waals surface area contributed by atoms with E-state index in [1.807, 2.05) is 24.3 Å². The van der Waals surface area contributed by atoms with E-state index in [1.165, 1.54) is 0 Å². The molecule has 4 nitrogen and oxygen atoms in total. The van der Waals surface area contributed by atoms with Crippen LogP contribution in [0.15, 0.2) is 24.3 Å². The van der Waals surface area contributed by atoms with E-state index in [0.29, 0.717) is 0 Å². The van der Waals surface area contributed by atoms with Gasteiger partial charge in [-0.3, -0.25) is 0 Å². The maximum Gasteiger partial charge on any atom is 0.318 e. The molecule has 0 saturated carbocycles. The molecule has 0 aliphatic carbocycles. The molecule has 1 aromatic rings. The van der Waals surface area contributed by atoms with Gasteiger partial charge in [0.15, 0.2) is 0 Å². The van der Waals surface area contributed by atoms with E-state index in [9.17, 15) is 4.79 Å². The van der Waals surface area contributed by atoms with Gasteiger partial charge in [-0.05, 0) is 24.6 Å². The molecule has 2 N–H and O–H groups in total. The lowest BCUT2D eigenvalue weighted by molar-refractivity contribution is 0.0644. The van der Waals surface area contributed by atoms with Crippen molar-refractivity contribution < 1.29 is 9.53 Å². The van der Waals surface area contributed by atoms with Gasteiger partial charge in [-0.15, -0.1) is 11.8 Å². The second-order valence-corrected chi connectivity index (χ2v) is 5.40. The molecule has 0 spiro atoms. The van der Waals surface area contributed by atoms with Gasteiger partial charge in [0, 0.05) is 18.5 Å². The fourth-order valence-electron chi connectivity index (χ4n) is 1.75. The van der Waals surface area contributed by atoms with Gasteiger partial charge >= 0.3 is 6.03 Å². The first-order valence-electron chi connectivity index (χ1n) is 5.51. The van der Waals surface area contributed by atoms with Gasteiger partial charge in [0.25, 0.3) is 0 Å². The van der Waals surface area contributed by atoms with Gasteiger partial charge in [-0.1, -0.05) is 12.1 Å². The molecule has 92 valence electrons. The van der Waals surface area contributed by atoms with E-state index < -0.39 is 0 Å². The number of carbonyl (C=O) groups excluding carboxylic acids is 1. The van der Waals surface area contributed by atoms with Crippen molar-refractivity contribution in [3.05, 3.63) is 29.8 Å². The first-order chi connectivity index (χ1) is 8.14. The first kappa shape index (κ1) is 12.3. The predicted octanol–water partition coefficient (Wildman–Crippen LogP) is 2.37. The molecule has 1 atom stereocenters.